The minimum Gasteiger partial charge on any atom is -0.447 e. The Labute approximate surface area is 149 Å². The van der Waals surface area contributed by atoms with Crippen LogP contribution in [0.3, 0.4) is 0 Å². The minimum atomic E-state index is -0.163. The fourth-order valence-electron chi connectivity index (χ4n) is 3.24. The molecule has 2 unspecified atom stereocenters. The van der Waals surface area contributed by atoms with Gasteiger partial charge in [-0.1, -0.05) is 19.8 Å². The number of carbonyl (C=O) groups excluding carboxylic acids is 1. The van der Waals surface area contributed by atoms with Crippen LogP contribution in [0.15, 0.2) is 0 Å². The van der Waals surface area contributed by atoms with E-state index in [0.717, 1.165) is 26.2 Å². The number of hydrogen-bond acceptors (Lipinski definition) is 4. The van der Waals surface area contributed by atoms with Crippen molar-refractivity contribution < 1.29 is 9.53 Å². The predicted molar refractivity (Wildman–Crippen MR) is 100 cm³/mol. The van der Waals surface area contributed by atoms with Gasteiger partial charge in [0.25, 0.3) is 0 Å². The molecule has 0 aliphatic carbocycles. The fraction of sp³-hybridized carbons (Fsp3) is 0.947. The smallest absolute Gasteiger partial charge is 0.410 e. The third kappa shape index (κ3) is 7.39. The Morgan fingerprint density at radius 2 is 1.79 bits per heavy atom. The molecule has 1 heterocycles. The lowest BCUT2D eigenvalue weighted by atomic mass is 10.1. The van der Waals surface area contributed by atoms with Gasteiger partial charge in [-0.2, -0.15) is 0 Å². The molecule has 0 aromatic rings. The van der Waals surface area contributed by atoms with Crippen molar-refractivity contribution in [2.45, 2.75) is 78.5 Å². The molecule has 142 valence electrons. The van der Waals surface area contributed by atoms with Gasteiger partial charge in [-0.05, 0) is 67.2 Å². The van der Waals surface area contributed by atoms with Crippen molar-refractivity contribution in [3.8, 4) is 0 Å². The lowest BCUT2D eigenvalue weighted by molar-refractivity contribution is 0.0169. The maximum atomic E-state index is 12.2. The van der Waals surface area contributed by atoms with Gasteiger partial charge in [-0.15, -0.1) is 0 Å². The Morgan fingerprint density at radius 1 is 1.12 bits per heavy atom. The summed E-state index contributed by atoms with van der Waals surface area (Å²) in [6, 6.07) is 0.637. The van der Waals surface area contributed by atoms with E-state index in [2.05, 4.69) is 37.6 Å². The average molecular weight is 342 g/mol. The van der Waals surface area contributed by atoms with Gasteiger partial charge in [0.05, 0.1) is 6.10 Å². The minimum absolute atomic E-state index is 0.0511. The standard InChI is InChI=1S/C19H39N3O2/c1-7-20(6)12-10-8-9-11-13-21-14-18(5)22(15-17(21)4)19(23)24-16(2)3/h16-18H,7-15H2,1-6H3. The molecule has 1 amide bonds. The summed E-state index contributed by atoms with van der Waals surface area (Å²) in [6.07, 6.45) is 4.95. The highest BCUT2D eigenvalue weighted by Gasteiger charge is 2.32. The molecule has 0 saturated carbocycles. The number of ether oxygens (including phenoxy) is 1. The van der Waals surface area contributed by atoms with E-state index in [0.29, 0.717) is 6.04 Å². The Bertz CT molecular complexity index is 363. The van der Waals surface area contributed by atoms with Gasteiger partial charge >= 0.3 is 6.09 Å². The van der Waals surface area contributed by atoms with Crippen LogP contribution < -0.4 is 0 Å². The Balaban J connectivity index is 2.26. The highest BCUT2D eigenvalue weighted by Crippen LogP contribution is 2.18. The number of nitrogens with zero attached hydrogens (tertiary/aromatic N) is 3. The molecule has 2 atom stereocenters. The molecular formula is C19H39N3O2. The average Bonchev–Trinajstić information content (AvgIpc) is 2.52. The number of hydrogen-bond donors (Lipinski definition) is 0. The first-order chi connectivity index (χ1) is 11.3. The summed E-state index contributed by atoms with van der Waals surface area (Å²) in [5, 5.41) is 0. The molecule has 0 spiro atoms. The predicted octanol–water partition coefficient (Wildman–Crippen LogP) is 3.44. The van der Waals surface area contributed by atoms with Crippen molar-refractivity contribution in [1.82, 2.24) is 14.7 Å². The molecule has 0 N–H and O–H groups in total. The molecule has 0 aromatic carbocycles. The monoisotopic (exact) mass is 341 g/mol. The lowest BCUT2D eigenvalue weighted by Gasteiger charge is -2.43. The van der Waals surface area contributed by atoms with Crippen LogP contribution in [0.2, 0.25) is 0 Å². The first-order valence-electron chi connectivity index (χ1n) is 9.75. The van der Waals surface area contributed by atoms with Gasteiger partial charge in [0, 0.05) is 25.2 Å². The van der Waals surface area contributed by atoms with Crippen molar-refractivity contribution in [1.29, 1.82) is 0 Å². The third-order valence-corrected chi connectivity index (χ3v) is 4.96. The maximum absolute atomic E-state index is 12.2. The van der Waals surface area contributed by atoms with E-state index in [9.17, 15) is 4.79 Å². The number of rotatable bonds is 9. The van der Waals surface area contributed by atoms with E-state index in [4.69, 9.17) is 4.74 Å². The van der Waals surface area contributed by atoms with E-state index in [-0.39, 0.29) is 18.2 Å². The van der Waals surface area contributed by atoms with Crippen molar-refractivity contribution in [3.05, 3.63) is 0 Å². The molecule has 0 bridgehead atoms. The van der Waals surface area contributed by atoms with E-state index in [1.807, 2.05) is 18.7 Å². The zero-order valence-corrected chi connectivity index (χ0v) is 16.8. The molecule has 5 nitrogen and oxygen atoms in total. The SMILES string of the molecule is CCN(C)CCCCCCN1CC(C)N(C(=O)OC(C)C)CC1C. The van der Waals surface area contributed by atoms with Crippen LogP contribution in [-0.2, 0) is 4.74 Å². The van der Waals surface area contributed by atoms with Crippen molar-refractivity contribution in [2.24, 2.45) is 0 Å². The summed E-state index contributed by atoms with van der Waals surface area (Å²) in [5.41, 5.74) is 0. The summed E-state index contributed by atoms with van der Waals surface area (Å²) >= 11 is 0. The van der Waals surface area contributed by atoms with E-state index < -0.39 is 0 Å². The molecule has 0 aromatic heterocycles. The molecule has 1 aliphatic heterocycles. The van der Waals surface area contributed by atoms with E-state index >= 15 is 0 Å². The summed E-state index contributed by atoms with van der Waals surface area (Å²) in [4.78, 5) is 19.0. The zero-order chi connectivity index (χ0) is 18.1. The first kappa shape index (κ1) is 21.2. The Kier molecular flexibility index (Phi) is 9.67. The molecule has 5 heteroatoms. The lowest BCUT2D eigenvalue weighted by Crippen LogP contribution is -2.58. The summed E-state index contributed by atoms with van der Waals surface area (Å²) in [6.45, 7) is 15.6. The second-order valence-electron chi connectivity index (χ2n) is 7.59. The van der Waals surface area contributed by atoms with Crippen molar-refractivity contribution >= 4 is 6.09 Å². The van der Waals surface area contributed by atoms with E-state index in [1.165, 1.54) is 32.2 Å². The summed E-state index contributed by atoms with van der Waals surface area (Å²) < 4.78 is 5.36. The van der Waals surface area contributed by atoms with Gasteiger partial charge < -0.3 is 14.5 Å². The van der Waals surface area contributed by atoms with Crippen LogP contribution in [-0.4, -0.2) is 78.8 Å². The normalized spacial score (nSPS) is 22.4. The number of amides is 1. The van der Waals surface area contributed by atoms with Crippen LogP contribution >= 0.6 is 0 Å². The van der Waals surface area contributed by atoms with Gasteiger partial charge in [0.2, 0.25) is 0 Å². The third-order valence-electron chi connectivity index (χ3n) is 4.96. The molecule has 1 aliphatic rings. The van der Waals surface area contributed by atoms with Gasteiger partial charge in [0.1, 0.15) is 0 Å². The number of piperazine rings is 1. The van der Waals surface area contributed by atoms with Crippen LogP contribution in [0.1, 0.15) is 60.3 Å². The molecule has 0 radical (unpaired) electrons. The Morgan fingerprint density at radius 3 is 2.42 bits per heavy atom. The second kappa shape index (κ2) is 10.9. The molecule has 1 fully saturated rings. The topological polar surface area (TPSA) is 36.0 Å². The van der Waals surface area contributed by atoms with E-state index in [1.54, 1.807) is 0 Å². The molecular weight excluding hydrogens is 302 g/mol. The zero-order valence-electron chi connectivity index (χ0n) is 16.8. The molecule has 1 rings (SSSR count). The van der Waals surface area contributed by atoms with Gasteiger partial charge in [0.15, 0.2) is 0 Å². The van der Waals surface area contributed by atoms with Crippen LogP contribution in [0, 0.1) is 0 Å². The summed E-state index contributed by atoms with van der Waals surface area (Å²) in [7, 11) is 2.19. The quantitative estimate of drug-likeness (QED) is 0.602. The van der Waals surface area contributed by atoms with Crippen LogP contribution in [0.5, 0.6) is 0 Å². The van der Waals surface area contributed by atoms with Crippen LogP contribution in [0.4, 0.5) is 4.79 Å². The van der Waals surface area contributed by atoms with Gasteiger partial charge in [-0.3, -0.25) is 4.90 Å². The van der Waals surface area contributed by atoms with Crippen molar-refractivity contribution in [3.63, 3.8) is 0 Å². The maximum Gasteiger partial charge on any atom is 0.410 e. The van der Waals surface area contributed by atoms with Gasteiger partial charge in [-0.25, -0.2) is 4.79 Å². The second-order valence-corrected chi connectivity index (χ2v) is 7.59. The van der Waals surface area contributed by atoms with Crippen molar-refractivity contribution in [2.75, 3.05) is 39.8 Å². The molecule has 24 heavy (non-hydrogen) atoms. The number of unbranched alkanes of at least 4 members (excludes halogenated alkanes) is 3. The highest BCUT2D eigenvalue weighted by molar-refractivity contribution is 5.68. The molecule has 1 saturated heterocycles. The fourth-order valence-corrected chi connectivity index (χ4v) is 3.24. The highest BCUT2D eigenvalue weighted by atomic mass is 16.6. The number of carbonyl (C=O) groups is 1. The van der Waals surface area contributed by atoms with Crippen LogP contribution in [0.25, 0.3) is 0 Å². The first-order valence-corrected chi connectivity index (χ1v) is 9.75. The summed E-state index contributed by atoms with van der Waals surface area (Å²) in [5.74, 6) is 0. The largest absolute Gasteiger partial charge is 0.447 e. The Hall–Kier alpha value is -0.810.